The summed E-state index contributed by atoms with van der Waals surface area (Å²) >= 11 is 6.19. The number of aromatic nitrogens is 3. The maximum absolute atomic E-state index is 12.8. The van der Waals surface area contributed by atoms with Gasteiger partial charge in [-0.3, -0.25) is 9.36 Å². The quantitative estimate of drug-likeness (QED) is 0.426. The van der Waals surface area contributed by atoms with E-state index in [9.17, 15) is 4.79 Å². The molecular weight excluding hydrogens is 474 g/mol. The zero-order valence-corrected chi connectivity index (χ0v) is 21.4. The average molecular weight is 504 g/mol. The Hall–Kier alpha value is -3.16. The SMILES string of the molecule is Cc1cc2nc(N3CCC(C(=O)N[C@@H]4CCOC4)CC3)n(-c3ccc4cc(Cl)ccc4n3)c2cc1C. The van der Waals surface area contributed by atoms with Crippen LogP contribution in [0.1, 0.15) is 30.4 Å². The largest absolute Gasteiger partial charge is 0.379 e. The van der Waals surface area contributed by atoms with E-state index in [4.69, 9.17) is 26.3 Å². The highest BCUT2D eigenvalue weighted by molar-refractivity contribution is 6.31. The molecule has 7 nitrogen and oxygen atoms in total. The summed E-state index contributed by atoms with van der Waals surface area (Å²) in [6.45, 7) is 7.13. The number of hydrogen-bond donors (Lipinski definition) is 1. The van der Waals surface area contributed by atoms with Crippen LogP contribution >= 0.6 is 11.6 Å². The molecule has 2 aliphatic heterocycles. The number of amides is 1. The van der Waals surface area contributed by atoms with Crippen LogP contribution in [0.15, 0.2) is 42.5 Å². The fraction of sp³-hybridized carbons (Fsp3) is 0.393. The van der Waals surface area contributed by atoms with Crippen LogP contribution < -0.4 is 10.2 Å². The first kappa shape index (κ1) is 23.3. The minimum atomic E-state index is 0.0210. The second kappa shape index (κ2) is 9.37. The Morgan fingerprint density at radius 1 is 1.00 bits per heavy atom. The molecule has 0 spiro atoms. The van der Waals surface area contributed by atoms with E-state index >= 15 is 0 Å². The standard InChI is InChI=1S/C28H30ClN5O2/c1-17-13-24-25(14-18(17)2)34(26-6-3-20-15-21(29)4-5-23(20)31-26)28(32-24)33-10-7-19(8-11-33)27(35)30-22-9-12-36-16-22/h3-6,13-15,19,22H,7-12,16H2,1-2H3,(H,30,35)/t22-/m1/s1. The van der Waals surface area contributed by atoms with Crippen LogP contribution in [0, 0.1) is 19.8 Å². The molecule has 4 heterocycles. The average Bonchev–Trinajstić information content (AvgIpc) is 3.52. The minimum absolute atomic E-state index is 0.0210. The number of carbonyl (C=O) groups excluding carboxylic acids is 1. The number of rotatable bonds is 4. The fourth-order valence-electron chi connectivity index (χ4n) is 5.28. The number of pyridine rings is 1. The third kappa shape index (κ3) is 4.31. The van der Waals surface area contributed by atoms with Crippen molar-refractivity contribution in [1.82, 2.24) is 19.9 Å². The molecule has 4 aromatic rings. The molecule has 0 aliphatic carbocycles. The van der Waals surface area contributed by atoms with E-state index in [0.29, 0.717) is 11.6 Å². The van der Waals surface area contributed by atoms with Gasteiger partial charge in [0.05, 0.1) is 29.2 Å². The molecule has 186 valence electrons. The molecule has 2 aromatic heterocycles. The highest BCUT2D eigenvalue weighted by Gasteiger charge is 2.30. The first-order chi connectivity index (χ1) is 17.5. The molecule has 0 bridgehead atoms. The van der Waals surface area contributed by atoms with Gasteiger partial charge in [-0.05, 0) is 86.7 Å². The Morgan fingerprint density at radius 2 is 1.81 bits per heavy atom. The van der Waals surface area contributed by atoms with Crippen molar-refractivity contribution in [3.05, 3.63) is 58.6 Å². The zero-order chi connectivity index (χ0) is 24.8. The molecule has 1 amide bonds. The van der Waals surface area contributed by atoms with Crippen LogP contribution in [0.25, 0.3) is 27.8 Å². The third-order valence-corrected chi connectivity index (χ3v) is 7.78. The molecule has 2 aliphatic rings. The first-order valence-electron chi connectivity index (χ1n) is 12.7. The number of nitrogens with zero attached hydrogens (tertiary/aromatic N) is 4. The van der Waals surface area contributed by atoms with Gasteiger partial charge in [-0.25, -0.2) is 9.97 Å². The van der Waals surface area contributed by atoms with Crippen molar-refractivity contribution < 1.29 is 9.53 Å². The number of piperidine rings is 1. The predicted octanol–water partition coefficient (Wildman–Crippen LogP) is 4.97. The molecule has 2 saturated heterocycles. The summed E-state index contributed by atoms with van der Waals surface area (Å²) in [7, 11) is 0. The van der Waals surface area contributed by atoms with Gasteiger partial charge < -0.3 is 15.0 Å². The maximum atomic E-state index is 12.8. The second-order valence-electron chi connectivity index (χ2n) is 10.0. The van der Waals surface area contributed by atoms with Gasteiger partial charge in [0.25, 0.3) is 0 Å². The van der Waals surface area contributed by atoms with Gasteiger partial charge in [-0.2, -0.15) is 0 Å². The Balaban J connectivity index is 1.33. The van der Waals surface area contributed by atoms with Gasteiger partial charge in [0.1, 0.15) is 5.82 Å². The van der Waals surface area contributed by atoms with Crippen molar-refractivity contribution in [2.75, 3.05) is 31.2 Å². The van der Waals surface area contributed by atoms with E-state index in [1.807, 2.05) is 24.3 Å². The van der Waals surface area contributed by atoms with Crippen molar-refractivity contribution in [2.45, 2.75) is 39.2 Å². The fourth-order valence-corrected chi connectivity index (χ4v) is 5.46. The molecule has 36 heavy (non-hydrogen) atoms. The molecule has 8 heteroatoms. The first-order valence-corrected chi connectivity index (χ1v) is 13.0. The number of halogens is 1. The number of benzene rings is 2. The third-order valence-electron chi connectivity index (χ3n) is 7.54. The minimum Gasteiger partial charge on any atom is -0.379 e. The van der Waals surface area contributed by atoms with Crippen LogP contribution in [0.2, 0.25) is 5.02 Å². The highest BCUT2D eigenvalue weighted by Crippen LogP contribution is 2.32. The number of fused-ring (bicyclic) bond motifs is 2. The number of carbonyl (C=O) groups is 1. The Bertz CT molecular complexity index is 1450. The number of ether oxygens (including phenoxy) is 1. The highest BCUT2D eigenvalue weighted by atomic mass is 35.5. The second-order valence-corrected chi connectivity index (χ2v) is 10.4. The van der Waals surface area contributed by atoms with E-state index < -0.39 is 0 Å². The molecule has 2 aromatic carbocycles. The summed E-state index contributed by atoms with van der Waals surface area (Å²) < 4.78 is 7.57. The topological polar surface area (TPSA) is 72.3 Å². The lowest BCUT2D eigenvalue weighted by atomic mass is 9.95. The van der Waals surface area contributed by atoms with Gasteiger partial charge in [0.15, 0.2) is 0 Å². The number of anilines is 1. The molecule has 1 N–H and O–H groups in total. The van der Waals surface area contributed by atoms with Gasteiger partial charge in [0, 0.05) is 36.0 Å². The summed E-state index contributed by atoms with van der Waals surface area (Å²) in [6.07, 6.45) is 2.49. The van der Waals surface area contributed by atoms with Crippen LogP contribution in [-0.4, -0.2) is 52.8 Å². The zero-order valence-electron chi connectivity index (χ0n) is 20.6. The van der Waals surface area contributed by atoms with Crippen LogP contribution in [0.4, 0.5) is 5.95 Å². The Kier molecular flexibility index (Phi) is 6.05. The number of aryl methyl sites for hydroxylation is 2. The molecule has 6 rings (SSSR count). The molecule has 0 unspecified atom stereocenters. The Labute approximate surface area is 215 Å². The van der Waals surface area contributed by atoms with Crippen molar-refractivity contribution in [3.8, 4) is 5.82 Å². The maximum Gasteiger partial charge on any atom is 0.223 e. The van der Waals surface area contributed by atoms with Crippen LogP contribution in [0.3, 0.4) is 0 Å². The van der Waals surface area contributed by atoms with Crippen LogP contribution in [-0.2, 0) is 9.53 Å². The molecule has 0 saturated carbocycles. The van der Waals surface area contributed by atoms with Crippen molar-refractivity contribution in [2.24, 2.45) is 5.92 Å². The molecular formula is C28H30ClN5O2. The van der Waals surface area contributed by atoms with Crippen molar-refractivity contribution in [1.29, 1.82) is 0 Å². The summed E-state index contributed by atoms with van der Waals surface area (Å²) in [6, 6.07) is 14.3. The van der Waals surface area contributed by atoms with E-state index in [1.165, 1.54) is 11.1 Å². The predicted molar refractivity (Wildman–Crippen MR) is 143 cm³/mol. The number of nitrogens with one attached hydrogen (secondary N) is 1. The van der Waals surface area contributed by atoms with Crippen molar-refractivity contribution in [3.63, 3.8) is 0 Å². The van der Waals surface area contributed by atoms with Gasteiger partial charge in [-0.15, -0.1) is 0 Å². The monoisotopic (exact) mass is 503 g/mol. The summed E-state index contributed by atoms with van der Waals surface area (Å²) in [4.78, 5) is 25.2. The van der Waals surface area contributed by atoms with Crippen LogP contribution in [0.5, 0.6) is 0 Å². The molecule has 1 atom stereocenters. The number of imidazole rings is 1. The van der Waals surface area contributed by atoms with Gasteiger partial charge in [-0.1, -0.05) is 11.6 Å². The van der Waals surface area contributed by atoms with Gasteiger partial charge >= 0.3 is 0 Å². The van der Waals surface area contributed by atoms with E-state index in [-0.39, 0.29) is 17.9 Å². The molecule has 0 radical (unpaired) electrons. The lowest BCUT2D eigenvalue weighted by molar-refractivity contribution is -0.126. The molecule has 2 fully saturated rings. The lowest BCUT2D eigenvalue weighted by Gasteiger charge is -2.32. The van der Waals surface area contributed by atoms with Gasteiger partial charge in [0.2, 0.25) is 11.9 Å². The summed E-state index contributed by atoms with van der Waals surface area (Å²) in [5.74, 6) is 1.87. The Morgan fingerprint density at radius 3 is 2.58 bits per heavy atom. The van der Waals surface area contributed by atoms with E-state index in [0.717, 1.165) is 72.7 Å². The normalized spacial score (nSPS) is 18.9. The van der Waals surface area contributed by atoms with E-state index in [2.05, 4.69) is 46.8 Å². The van der Waals surface area contributed by atoms with Crippen molar-refractivity contribution >= 4 is 45.4 Å². The summed E-state index contributed by atoms with van der Waals surface area (Å²) in [5.41, 5.74) is 5.31. The lowest BCUT2D eigenvalue weighted by Crippen LogP contribution is -2.44. The number of hydrogen-bond acceptors (Lipinski definition) is 5. The smallest absolute Gasteiger partial charge is 0.223 e. The van der Waals surface area contributed by atoms with E-state index in [1.54, 1.807) is 0 Å². The summed E-state index contributed by atoms with van der Waals surface area (Å²) in [5, 5.41) is 4.87.